The third kappa shape index (κ3) is 5.70. The summed E-state index contributed by atoms with van der Waals surface area (Å²) in [6.45, 7) is 13.5. The largest absolute Gasteiger partial charge is 0.322 e. The number of nitrogens with zero attached hydrogens (tertiary/aromatic N) is 4. The number of piperazine rings is 1. The van der Waals surface area contributed by atoms with Crippen LogP contribution < -0.4 is 5.32 Å². The Hall–Kier alpha value is -2.96. The number of carbonyl (C=O) groups is 1. The summed E-state index contributed by atoms with van der Waals surface area (Å²) >= 11 is 0. The number of nitrogens with one attached hydrogen (secondary N) is 1. The lowest BCUT2D eigenvalue weighted by atomic mass is 10.0. The van der Waals surface area contributed by atoms with E-state index in [1.807, 2.05) is 48.9 Å². The van der Waals surface area contributed by atoms with Gasteiger partial charge in [0.1, 0.15) is 0 Å². The highest BCUT2D eigenvalue weighted by Crippen LogP contribution is 2.23. The lowest BCUT2D eigenvalue weighted by Crippen LogP contribution is -2.48. The maximum absolute atomic E-state index is 12.8. The fourth-order valence-corrected chi connectivity index (χ4v) is 4.40. The minimum atomic E-state index is 0.0199. The van der Waals surface area contributed by atoms with Crippen LogP contribution in [0.1, 0.15) is 42.3 Å². The van der Waals surface area contributed by atoms with Crippen molar-refractivity contribution in [2.75, 3.05) is 38.0 Å². The molecule has 2 heterocycles. The highest BCUT2D eigenvalue weighted by Gasteiger charge is 2.21. The van der Waals surface area contributed by atoms with E-state index in [2.05, 4.69) is 58.3 Å². The predicted octanol–water partition coefficient (Wildman–Crippen LogP) is 4.37. The molecule has 1 N–H and O–H groups in total. The Balaban J connectivity index is 1.28. The summed E-state index contributed by atoms with van der Waals surface area (Å²) in [5, 5.41) is 7.73. The van der Waals surface area contributed by atoms with Gasteiger partial charge in [-0.25, -0.2) is 4.68 Å². The molecule has 0 bridgehead atoms. The number of hydrogen-bond donors (Lipinski definition) is 1. The molecular weight excluding hydrogens is 410 g/mol. The molecule has 1 aromatic heterocycles. The number of para-hydroxylation sites is 1. The van der Waals surface area contributed by atoms with Crippen LogP contribution >= 0.6 is 0 Å². The summed E-state index contributed by atoms with van der Waals surface area (Å²) in [6, 6.07) is 19.0. The van der Waals surface area contributed by atoms with E-state index in [0.29, 0.717) is 12.5 Å². The van der Waals surface area contributed by atoms with Crippen LogP contribution in [-0.2, 0) is 11.3 Å². The third-order valence-corrected chi connectivity index (χ3v) is 6.44. The molecule has 6 nitrogen and oxygen atoms in total. The van der Waals surface area contributed by atoms with Crippen molar-refractivity contribution in [2.24, 2.45) is 0 Å². The number of hydrogen-bond acceptors (Lipinski definition) is 4. The number of aryl methyl sites for hydroxylation is 1. The SMILES string of the molecule is Cc1nn(-c2ccccc2)c(C)c1NC(=O)CN1CCN(Cc2ccc(C(C)C)cc2)CC1. The second-order valence-electron chi connectivity index (χ2n) is 9.29. The molecule has 33 heavy (non-hydrogen) atoms. The highest BCUT2D eigenvalue weighted by molar-refractivity contribution is 5.93. The molecule has 4 rings (SSSR count). The zero-order valence-corrected chi connectivity index (χ0v) is 20.2. The molecular formula is C27H35N5O. The Morgan fingerprint density at radius 1 is 0.939 bits per heavy atom. The maximum Gasteiger partial charge on any atom is 0.238 e. The molecule has 1 amide bonds. The molecule has 1 aliphatic rings. The Morgan fingerprint density at radius 2 is 1.58 bits per heavy atom. The lowest BCUT2D eigenvalue weighted by molar-refractivity contribution is -0.117. The molecule has 0 radical (unpaired) electrons. The molecule has 1 aliphatic heterocycles. The van der Waals surface area contributed by atoms with Gasteiger partial charge < -0.3 is 5.32 Å². The zero-order chi connectivity index (χ0) is 23.4. The van der Waals surface area contributed by atoms with Gasteiger partial charge in [0.25, 0.3) is 0 Å². The Morgan fingerprint density at radius 3 is 2.21 bits per heavy atom. The number of aromatic nitrogens is 2. The minimum Gasteiger partial charge on any atom is -0.322 e. The Kier molecular flexibility index (Phi) is 7.26. The van der Waals surface area contributed by atoms with E-state index in [1.165, 1.54) is 11.1 Å². The number of amides is 1. The van der Waals surface area contributed by atoms with E-state index in [4.69, 9.17) is 0 Å². The van der Waals surface area contributed by atoms with Crippen molar-refractivity contribution in [1.82, 2.24) is 19.6 Å². The van der Waals surface area contributed by atoms with Gasteiger partial charge in [-0.3, -0.25) is 14.6 Å². The van der Waals surface area contributed by atoms with Crippen LogP contribution in [0.3, 0.4) is 0 Å². The second-order valence-corrected chi connectivity index (χ2v) is 9.29. The van der Waals surface area contributed by atoms with E-state index in [-0.39, 0.29) is 5.91 Å². The highest BCUT2D eigenvalue weighted by atomic mass is 16.2. The van der Waals surface area contributed by atoms with Crippen molar-refractivity contribution in [2.45, 2.75) is 40.2 Å². The first-order valence-corrected chi connectivity index (χ1v) is 11.9. The summed E-state index contributed by atoms with van der Waals surface area (Å²) in [4.78, 5) is 17.5. The van der Waals surface area contributed by atoms with E-state index in [0.717, 1.165) is 55.5 Å². The van der Waals surface area contributed by atoms with Gasteiger partial charge in [0.2, 0.25) is 5.91 Å². The average molecular weight is 446 g/mol. The van der Waals surface area contributed by atoms with E-state index >= 15 is 0 Å². The molecule has 0 saturated carbocycles. The van der Waals surface area contributed by atoms with Crippen LogP contribution in [0.5, 0.6) is 0 Å². The number of rotatable bonds is 7. The molecule has 2 aromatic carbocycles. The van der Waals surface area contributed by atoms with Crippen molar-refractivity contribution in [3.05, 3.63) is 77.1 Å². The number of benzene rings is 2. The Labute approximate surface area is 197 Å². The van der Waals surface area contributed by atoms with Crippen molar-refractivity contribution in [3.63, 3.8) is 0 Å². The first kappa shape index (κ1) is 23.2. The second kappa shape index (κ2) is 10.3. The van der Waals surface area contributed by atoms with E-state index in [9.17, 15) is 4.79 Å². The minimum absolute atomic E-state index is 0.0199. The first-order chi connectivity index (χ1) is 15.9. The standard InChI is InChI=1S/C27H35N5O/c1-20(2)24-12-10-23(11-13-24)18-30-14-16-31(17-15-30)19-26(33)28-27-21(3)29-32(22(27)4)25-8-6-5-7-9-25/h5-13,20H,14-19H2,1-4H3,(H,28,33). The van der Waals surface area contributed by atoms with Crippen LogP contribution in [-0.4, -0.2) is 58.2 Å². The van der Waals surface area contributed by atoms with Crippen molar-refractivity contribution in [1.29, 1.82) is 0 Å². The Bertz CT molecular complexity index is 1060. The molecule has 6 heteroatoms. The smallest absolute Gasteiger partial charge is 0.238 e. The fraction of sp³-hybridized carbons (Fsp3) is 0.407. The third-order valence-electron chi connectivity index (χ3n) is 6.44. The van der Waals surface area contributed by atoms with E-state index in [1.54, 1.807) is 0 Å². The summed E-state index contributed by atoms with van der Waals surface area (Å²) in [7, 11) is 0. The van der Waals surface area contributed by atoms with Gasteiger partial charge in [0.15, 0.2) is 0 Å². The molecule has 0 spiro atoms. The van der Waals surface area contributed by atoms with Gasteiger partial charge in [-0.05, 0) is 43.0 Å². The summed E-state index contributed by atoms with van der Waals surface area (Å²) < 4.78 is 1.89. The maximum atomic E-state index is 12.8. The van der Waals surface area contributed by atoms with Crippen LogP contribution in [0, 0.1) is 13.8 Å². The van der Waals surface area contributed by atoms with Crippen LogP contribution in [0.2, 0.25) is 0 Å². The molecule has 1 saturated heterocycles. The summed E-state index contributed by atoms with van der Waals surface area (Å²) in [6.07, 6.45) is 0. The van der Waals surface area contributed by atoms with Crippen LogP contribution in [0.15, 0.2) is 54.6 Å². The summed E-state index contributed by atoms with van der Waals surface area (Å²) in [5.41, 5.74) is 6.32. The van der Waals surface area contributed by atoms with Gasteiger partial charge >= 0.3 is 0 Å². The fourth-order valence-electron chi connectivity index (χ4n) is 4.40. The lowest BCUT2D eigenvalue weighted by Gasteiger charge is -2.34. The molecule has 3 aromatic rings. The van der Waals surface area contributed by atoms with Crippen molar-refractivity contribution in [3.8, 4) is 5.69 Å². The van der Waals surface area contributed by atoms with Crippen LogP contribution in [0.25, 0.3) is 5.69 Å². The average Bonchev–Trinajstić information content (AvgIpc) is 3.09. The molecule has 0 aliphatic carbocycles. The predicted molar refractivity (Wildman–Crippen MR) is 134 cm³/mol. The molecule has 174 valence electrons. The number of anilines is 1. The monoisotopic (exact) mass is 445 g/mol. The van der Waals surface area contributed by atoms with Gasteiger partial charge in [-0.2, -0.15) is 5.10 Å². The first-order valence-electron chi connectivity index (χ1n) is 11.9. The molecule has 0 unspecified atom stereocenters. The summed E-state index contributed by atoms with van der Waals surface area (Å²) in [5.74, 6) is 0.584. The molecule has 1 fully saturated rings. The van der Waals surface area contributed by atoms with Crippen LogP contribution in [0.4, 0.5) is 5.69 Å². The van der Waals surface area contributed by atoms with Crippen molar-refractivity contribution < 1.29 is 4.79 Å². The van der Waals surface area contributed by atoms with Gasteiger partial charge in [0, 0.05) is 32.7 Å². The van der Waals surface area contributed by atoms with Crippen molar-refractivity contribution >= 4 is 11.6 Å². The quantitative estimate of drug-likeness (QED) is 0.587. The zero-order valence-electron chi connectivity index (χ0n) is 20.2. The van der Waals surface area contributed by atoms with Gasteiger partial charge in [-0.1, -0.05) is 56.3 Å². The number of carbonyl (C=O) groups excluding carboxylic acids is 1. The van der Waals surface area contributed by atoms with Gasteiger partial charge in [0.05, 0.1) is 29.3 Å². The molecule has 0 atom stereocenters. The van der Waals surface area contributed by atoms with Gasteiger partial charge in [-0.15, -0.1) is 0 Å². The topological polar surface area (TPSA) is 53.4 Å². The van der Waals surface area contributed by atoms with E-state index < -0.39 is 0 Å². The normalized spacial score (nSPS) is 15.2.